The second kappa shape index (κ2) is 5.34. The molecule has 2 heterocycles. The first-order chi connectivity index (χ1) is 9.10. The van der Waals surface area contributed by atoms with Crippen molar-refractivity contribution in [2.45, 2.75) is 6.92 Å². The molecule has 19 heavy (non-hydrogen) atoms. The molecule has 0 aliphatic heterocycles. The first kappa shape index (κ1) is 12.8. The van der Waals surface area contributed by atoms with Gasteiger partial charge in [0.15, 0.2) is 0 Å². The highest BCUT2D eigenvalue weighted by Gasteiger charge is 2.16. The van der Waals surface area contributed by atoms with Crippen LogP contribution in [-0.4, -0.2) is 23.0 Å². The Morgan fingerprint density at radius 2 is 2.05 bits per heavy atom. The van der Waals surface area contributed by atoms with Gasteiger partial charge < -0.3 is 15.2 Å². The number of pyridine rings is 2. The first-order valence-electron chi connectivity index (χ1n) is 5.54. The van der Waals surface area contributed by atoms with E-state index < -0.39 is 5.97 Å². The zero-order chi connectivity index (χ0) is 13.8. The smallest absolute Gasteiger partial charge is 0.343 e. The summed E-state index contributed by atoms with van der Waals surface area (Å²) in [5.41, 5.74) is 6.99. The molecule has 6 heteroatoms. The number of hydrogen-bond donors (Lipinski definition) is 1. The normalized spacial score (nSPS) is 10.0. The Labute approximate surface area is 110 Å². The molecule has 0 aromatic carbocycles. The summed E-state index contributed by atoms with van der Waals surface area (Å²) in [4.78, 5) is 19.7. The Kier molecular flexibility index (Phi) is 3.61. The number of aryl methyl sites for hydroxylation is 1. The summed E-state index contributed by atoms with van der Waals surface area (Å²) >= 11 is 0. The third-order valence-electron chi connectivity index (χ3n) is 2.38. The van der Waals surface area contributed by atoms with E-state index in [0.29, 0.717) is 11.4 Å². The lowest BCUT2D eigenvalue weighted by molar-refractivity contribution is 0.0597. The van der Waals surface area contributed by atoms with Crippen LogP contribution in [0.3, 0.4) is 0 Å². The van der Waals surface area contributed by atoms with E-state index in [1.807, 2.05) is 6.92 Å². The van der Waals surface area contributed by atoms with Crippen molar-refractivity contribution in [2.24, 2.45) is 0 Å². The largest absolute Gasteiger partial charge is 0.465 e. The number of rotatable bonds is 3. The van der Waals surface area contributed by atoms with Crippen molar-refractivity contribution < 1.29 is 14.3 Å². The van der Waals surface area contributed by atoms with Gasteiger partial charge in [-0.05, 0) is 25.1 Å². The standard InChI is InChI=1S/C13H13N3O3/c1-8-3-4-10(7-15-8)19-12-11(13(17)18-2)5-9(14)6-16-12/h3-7H,14H2,1-2H3. The van der Waals surface area contributed by atoms with Crippen molar-refractivity contribution in [3.8, 4) is 11.6 Å². The second-order valence-electron chi connectivity index (χ2n) is 3.85. The van der Waals surface area contributed by atoms with Gasteiger partial charge in [-0.2, -0.15) is 0 Å². The molecule has 0 saturated heterocycles. The van der Waals surface area contributed by atoms with Gasteiger partial charge in [-0.1, -0.05) is 0 Å². The lowest BCUT2D eigenvalue weighted by Gasteiger charge is -2.09. The highest BCUT2D eigenvalue weighted by Crippen LogP contribution is 2.24. The van der Waals surface area contributed by atoms with Crippen LogP contribution in [0.1, 0.15) is 16.1 Å². The number of methoxy groups -OCH3 is 1. The fourth-order valence-corrected chi connectivity index (χ4v) is 1.43. The lowest BCUT2D eigenvalue weighted by Crippen LogP contribution is -2.06. The number of hydrogen-bond acceptors (Lipinski definition) is 6. The maximum Gasteiger partial charge on any atom is 0.343 e. The minimum absolute atomic E-state index is 0.131. The van der Waals surface area contributed by atoms with E-state index in [0.717, 1.165) is 5.69 Å². The molecule has 2 N–H and O–H groups in total. The zero-order valence-electron chi connectivity index (χ0n) is 10.6. The molecule has 0 amide bonds. The highest BCUT2D eigenvalue weighted by atomic mass is 16.5. The fraction of sp³-hybridized carbons (Fsp3) is 0.154. The molecular formula is C13H13N3O3. The van der Waals surface area contributed by atoms with Gasteiger partial charge in [0.1, 0.15) is 11.3 Å². The highest BCUT2D eigenvalue weighted by molar-refractivity contribution is 5.92. The monoisotopic (exact) mass is 259 g/mol. The maximum absolute atomic E-state index is 11.6. The summed E-state index contributed by atoms with van der Waals surface area (Å²) < 4.78 is 10.2. The van der Waals surface area contributed by atoms with Crippen LogP contribution < -0.4 is 10.5 Å². The topological polar surface area (TPSA) is 87.3 Å². The maximum atomic E-state index is 11.6. The lowest BCUT2D eigenvalue weighted by atomic mass is 10.2. The Hall–Kier alpha value is -2.63. The number of esters is 1. The summed E-state index contributed by atoms with van der Waals surface area (Å²) in [7, 11) is 1.28. The summed E-state index contributed by atoms with van der Waals surface area (Å²) in [6, 6.07) is 4.99. The van der Waals surface area contributed by atoms with E-state index in [1.54, 1.807) is 18.3 Å². The summed E-state index contributed by atoms with van der Waals surface area (Å²) in [6.45, 7) is 1.87. The van der Waals surface area contributed by atoms with Gasteiger partial charge in [0, 0.05) is 5.69 Å². The minimum Gasteiger partial charge on any atom is -0.465 e. The van der Waals surface area contributed by atoms with Crippen LogP contribution in [-0.2, 0) is 4.74 Å². The number of carbonyl (C=O) groups is 1. The summed E-state index contributed by atoms with van der Waals surface area (Å²) in [6.07, 6.45) is 2.96. The molecule has 2 rings (SSSR count). The van der Waals surface area contributed by atoms with E-state index in [1.165, 1.54) is 19.4 Å². The van der Waals surface area contributed by atoms with Crippen molar-refractivity contribution in [3.05, 3.63) is 41.9 Å². The van der Waals surface area contributed by atoms with Crippen LogP contribution in [0.4, 0.5) is 5.69 Å². The van der Waals surface area contributed by atoms with E-state index in [2.05, 4.69) is 14.7 Å². The molecule has 0 aliphatic rings. The van der Waals surface area contributed by atoms with E-state index in [4.69, 9.17) is 10.5 Å². The third kappa shape index (κ3) is 2.98. The van der Waals surface area contributed by atoms with Crippen molar-refractivity contribution in [2.75, 3.05) is 12.8 Å². The number of anilines is 1. The average Bonchev–Trinajstić information content (AvgIpc) is 2.42. The molecular weight excluding hydrogens is 246 g/mol. The molecule has 0 unspecified atom stereocenters. The number of carbonyl (C=O) groups excluding carboxylic acids is 1. The summed E-state index contributed by atoms with van der Waals surface area (Å²) in [5, 5.41) is 0. The molecule has 2 aromatic heterocycles. The molecule has 0 atom stereocenters. The van der Waals surface area contributed by atoms with Gasteiger partial charge in [-0.25, -0.2) is 9.78 Å². The van der Waals surface area contributed by atoms with Crippen LogP contribution in [0, 0.1) is 6.92 Å². The molecule has 0 bridgehead atoms. The Morgan fingerprint density at radius 1 is 1.26 bits per heavy atom. The number of nitrogens with zero attached hydrogens (tertiary/aromatic N) is 2. The van der Waals surface area contributed by atoms with Gasteiger partial charge in [-0.3, -0.25) is 4.98 Å². The predicted molar refractivity (Wildman–Crippen MR) is 69.0 cm³/mol. The fourth-order valence-electron chi connectivity index (χ4n) is 1.43. The van der Waals surface area contributed by atoms with Crippen molar-refractivity contribution in [3.63, 3.8) is 0 Å². The average molecular weight is 259 g/mol. The molecule has 98 valence electrons. The number of ether oxygens (including phenoxy) is 2. The number of nitrogen functional groups attached to an aromatic ring is 1. The van der Waals surface area contributed by atoms with Gasteiger partial charge in [0.2, 0.25) is 5.88 Å². The van der Waals surface area contributed by atoms with Crippen LogP contribution in [0.15, 0.2) is 30.6 Å². The molecule has 0 spiro atoms. The molecule has 6 nitrogen and oxygen atoms in total. The predicted octanol–water partition coefficient (Wildman–Crippen LogP) is 1.95. The van der Waals surface area contributed by atoms with Crippen molar-refractivity contribution in [1.29, 1.82) is 0 Å². The molecule has 0 aliphatic carbocycles. The van der Waals surface area contributed by atoms with Crippen molar-refractivity contribution >= 4 is 11.7 Å². The SMILES string of the molecule is COC(=O)c1cc(N)cnc1Oc1ccc(C)nc1. The quantitative estimate of drug-likeness (QED) is 0.847. The molecule has 0 radical (unpaired) electrons. The van der Waals surface area contributed by atoms with Crippen LogP contribution in [0.25, 0.3) is 0 Å². The van der Waals surface area contributed by atoms with E-state index in [9.17, 15) is 4.79 Å². The number of aromatic nitrogens is 2. The second-order valence-corrected chi connectivity index (χ2v) is 3.85. The third-order valence-corrected chi connectivity index (χ3v) is 2.38. The molecule has 0 saturated carbocycles. The van der Waals surface area contributed by atoms with Crippen LogP contribution in [0.2, 0.25) is 0 Å². The zero-order valence-corrected chi connectivity index (χ0v) is 10.6. The van der Waals surface area contributed by atoms with Gasteiger partial charge in [0.25, 0.3) is 0 Å². The molecule has 0 fully saturated rings. The Morgan fingerprint density at radius 3 is 2.68 bits per heavy atom. The number of nitrogens with two attached hydrogens (primary N) is 1. The first-order valence-corrected chi connectivity index (χ1v) is 5.54. The van der Waals surface area contributed by atoms with Crippen molar-refractivity contribution in [1.82, 2.24) is 9.97 Å². The minimum atomic E-state index is -0.560. The van der Waals surface area contributed by atoms with Crippen LogP contribution >= 0.6 is 0 Å². The van der Waals surface area contributed by atoms with E-state index in [-0.39, 0.29) is 11.4 Å². The van der Waals surface area contributed by atoms with Gasteiger partial charge >= 0.3 is 5.97 Å². The Balaban J connectivity index is 2.34. The Bertz CT molecular complexity index is 597. The van der Waals surface area contributed by atoms with Gasteiger partial charge in [-0.15, -0.1) is 0 Å². The van der Waals surface area contributed by atoms with Crippen LogP contribution in [0.5, 0.6) is 11.6 Å². The molecule has 2 aromatic rings. The van der Waals surface area contributed by atoms with Gasteiger partial charge in [0.05, 0.1) is 25.2 Å². The summed E-state index contributed by atoms with van der Waals surface area (Å²) in [5.74, 6) is 0.0506. The van der Waals surface area contributed by atoms with E-state index >= 15 is 0 Å².